The molecule has 1 heterocycles. The summed E-state index contributed by atoms with van der Waals surface area (Å²) in [5, 5.41) is 9.22. The molecule has 0 aliphatic carbocycles. The summed E-state index contributed by atoms with van der Waals surface area (Å²) in [6.07, 6.45) is 3.69. The van der Waals surface area contributed by atoms with Gasteiger partial charge in [0.1, 0.15) is 5.82 Å². The van der Waals surface area contributed by atoms with E-state index in [2.05, 4.69) is 20.2 Å². The third-order valence-corrected chi connectivity index (χ3v) is 4.20. The van der Waals surface area contributed by atoms with Crippen LogP contribution in [0.4, 0.5) is 10.1 Å². The first-order valence-electron chi connectivity index (χ1n) is 6.53. The minimum atomic E-state index is -3.76. The van der Waals surface area contributed by atoms with Gasteiger partial charge in [-0.25, -0.2) is 12.8 Å². The quantitative estimate of drug-likeness (QED) is 0.681. The summed E-state index contributed by atoms with van der Waals surface area (Å²) >= 11 is 0. The minimum Gasteiger partial charge on any atom is -0.313 e. The molecular weight excluding hydrogens is 295 g/mol. The Labute approximate surface area is 122 Å². The molecule has 0 aliphatic rings. The molecule has 1 aromatic carbocycles. The molecule has 3 N–H and O–H groups in total. The van der Waals surface area contributed by atoms with Crippen molar-refractivity contribution in [1.82, 2.24) is 15.5 Å². The number of anilines is 1. The van der Waals surface area contributed by atoms with Crippen molar-refractivity contribution in [2.24, 2.45) is 0 Å². The Hall–Kier alpha value is -1.93. The van der Waals surface area contributed by atoms with Crippen LogP contribution in [0.1, 0.15) is 18.9 Å². The lowest BCUT2D eigenvalue weighted by Crippen LogP contribution is -2.17. The van der Waals surface area contributed by atoms with Crippen LogP contribution in [0.5, 0.6) is 0 Å². The monoisotopic (exact) mass is 312 g/mol. The molecule has 2 rings (SSSR count). The van der Waals surface area contributed by atoms with Gasteiger partial charge in [-0.15, -0.1) is 0 Å². The van der Waals surface area contributed by atoms with Crippen molar-refractivity contribution in [1.29, 1.82) is 0 Å². The topological polar surface area (TPSA) is 86.9 Å². The third-order valence-electron chi connectivity index (χ3n) is 2.82. The molecule has 0 saturated carbocycles. The van der Waals surface area contributed by atoms with Crippen LogP contribution in [-0.4, -0.2) is 25.2 Å². The molecule has 0 unspecified atom stereocenters. The number of aromatic nitrogens is 2. The van der Waals surface area contributed by atoms with E-state index in [-0.39, 0.29) is 11.4 Å². The number of hydrogen-bond donors (Lipinski definition) is 3. The summed E-state index contributed by atoms with van der Waals surface area (Å²) in [7, 11) is -3.76. The van der Waals surface area contributed by atoms with Crippen LogP contribution < -0.4 is 10.0 Å². The fraction of sp³-hybridized carbons (Fsp3) is 0.308. The zero-order valence-corrected chi connectivity index (χ0v) is 12.4. The van der Waals surface area contributed by atoms with Crippen molar-refractivity contribution in [2.75, 3.05) is 11.3 Å². The fourth-order valence-electron chi connectivity index (χ4n) is 1.77. The lowest BCUT2D eigenvalue weighted by atomic mass is 10.2. The summed E-state index contributed by atoms with van der Waals surface area (Å²) < 4.78 is 40.5. The predicted molar refractivity (Wildman–Crippen MR) is 77.8 cm³/mol. The Morgan fingerprint density at radius 3 is 2.86 bits per heavy atom. The van der Waals surface area contributed by atoms with E-state index in [1.54, 1.807) is 0 Å². The number of rotatable bonds is 7. The highest BCUT2D eigenvalue weighted by Crippen LogP contribution is 2.18. The molecule has 21 heavy (non-hydrogen) atoms. The van der Waals surface area contributed by atoms with Gasteiger partial charge < -0.3 is 5.32 Å². The molecule has 0 spiro atoms. The van der Waals surface area contributed by atoms with Gasteiger partial charge in [-0.2, -0.15) is 5.10 Å². The molecule has 0 aliphatic heterocycles. The first-order valence-corrected chi connectivity index (χ1v) is 8.02. The van der Waals surface area contributed by atoms with Crippen molar-refractivity contribution in [3.8, 4) is 0 Å². The molecular formula is C13H17FN4O2S. The van der Waals surface area contributed by atoms with E-state index >= 15 is 0 Å². The average Bonchev–Trinajstić information content (AvgIpc) is 2.93. The Bertz CT molecular complexity index is 686. The van der Waals surface area contributed by atoms with Gasteiger partial charge in [0.15, 0.2) is 0 Å². The maximum Gasteiger partial charge on any atom is 0.262 e. The molecule has 0 saturated heterocycles. The van der Waals surface area contributed by atoms with Crippen LogP contribution in [-0.2, 0) is 16.6 Å². The fourth-order valence-corrected chi connectivity index (χ4v) is 2.86. The highest BCUT2D eigenvalue weighted by atomic mass is 32.2. The molecule has 1 aromatic heterocycles. The average molecular weight is 312 g/mol. The van der Waals surface area contributed by atoms with Gasteiger partial charge in [-0.05, 0) is 31.2 Å². The van der Waals surface area contributed by atoms with E-state index < -0.39 is 15.8 Å². The van der Waals surface area contributed by atoms with E-state index in [1.807, 2.05) is 6.92 Å². The number of hydrogen-bond acceptors (Lipinski definition) is 4. The Morgan fingerprint density at radius 2 is 2.19 bits per heavy atom. The molecule has 114 valence electrons. The van der Waals surface area contributed by atoms with E-state index in [4.69, 9.17) is 0 Å². The number of nitrogens with one attached hydrogen (secondary N) is 3. The Morgan fingerprint density at radius 1 is 1.38 bits per heavy atom. The van der Waals surface area contributed by atoms with Crippen molar-refractivity contribution in [2.45, 2.75) is 24.8 Å². The van der Waals surface area contributed by atoms with E-state index in [1.165, 1.54) is 24.5 Å². The summed E-state index contributed by atoms with van der Waals surface area (Å²) in [6.45, 7) is 3.03. The number of halogens is 1. The zero-order chi connectivity index (χ0) is 15.3. The summed E-state index contributed by atoms with van der Waals surface area (Å²) in [4.78, 5) is 0.0124. The van der Waals surface area contributed by atoms with Crippen molar-refractivity contribution in [3.05, 3.63) is 42.0 Å². The predicted octanol–water partition coefficient (Wildman–Crippen LogP) is 1.85. The highest BCUT2D eigenvalue weighted by molar-refractivity contribution is 7.92. The largest absolute Gasteiger partial charge is 0.313 e. The number of sulfonamides is 1. The first kappa shape index (κ1) is 15.5. The lowest BCUT2D eigenvalue weighted by Gasteiger charge is -2.09. The van der Waals surface area contributed by atoms with Crippen LogP contribution in [0.25, 0.3) is 0 Å². The van der Waals surface area contributed by atoms with Gasteiger partial charge in [0, 0.05) is 18.3 Å². The van der Waals surface area contributed by atoms with Crippen LogP contribution in [0, 0.1) is 5.82 Å². The van der Waals surface area contributed by atoms with E-state index in [9.17, 15) is 12.8 Å². The number of H-pyrrole nitrogens is 1. The second kappa shape index (κ2) is 6.68. The second-order valence-electron chi connectivity index (χ2n) is 4.52. The molecule has 0 atom stereocenters. The summed E-state index contributed by atoms with van der Waals surface area (Å²) in [6, 6.07) is 3.73. The Balaban J connectivity index is 2.20. The molecule has 0 fully saturated rings. The van der Waals surface area contributed by atoms with Crippen LogP contribution in [0.2, 0.25) is 0 Å². The van der Waals surface area contributed by atoms with Crippen molar-refractivity contribution in [3.63, 3.8) is 0 Å². The van der Waals surface area contributed by atoms with Crippen LogP contribution in [0.3, 0.4) is 0 Å². The number of aromatic amines is 1. The molecule has 2 aromatic rings. The van der Waals surface area contributed by atoms with E-state index in [0.29, 0.717) is 11.3 Å². The standard InChI is InChI=1S/C13H17FN4O2S/c1-2-5-15-7-10-6-12(3-4-13(10)14)21(19,20)18-11-8-16-17-9-11/h3-4,6,8-9,15,18H,2,5,7H2,1H3,(H,16,17). The molecule has 0 radical (unpaired) electrons. The maximum atomic E-state index is 13.7. The van der Waals surface area contributed by atoms with E-state index in [0.717, 1.165) is 19.0 Å². The molecule has 8 heteroatoms. The van der Waals surface area contributed by atoms with Gasteiger partial charge >= 0.3 is 0 Å². The highest BCUT2D eigenvalue weighted by Gasteiger charge is 2.16. The lowest BCUT2D eigenvalue weighted by molar-refractivity contribution is 0.581. The molecule has 0 amide bonds. The Kier molecular flexibility index (Phi) is 4.92. The van der Waals surface area contributed by atoms with Gasteiger partial charge in [-0.1, -0.05) is 6.92 Å². The molecule has 6 nitrogen and oxygen atoms in total. The van der Waals surface area contributed by atoms with Crippen molar-refractivity contribution >= 4 is 15.7 Å². The van der Waals surface area contributed by atoms with Gasteiger partial charge in [0.25, 0.3) is 10.0 Å². The van der Waals surface area contributed by atoms with Gasteiger partial charge in [0.05, 0.1) is 16.8 Å². The second-order valence-corrected chi connectivity index (χ2v) is 6.20. The summed E-state index contributed by atoms with van der Waals surface area (Å²) in [5.41, 5.74) is 0.642. The maximum absolute atomic E-state index is 13.7. The smallest absolute Gasteiger partial charge is 0.262 e. The van der Waals surface area contributed by atoms with Gasteiger partial charge in [0.2, 0.25) is 0 Å². The number of benzene rings is 1. The minimum absolute atomic E-state index is 0.0124. The third kappa shape index (κ3) is 4.02. The molecule has 0 bridgehead atoms. The SMILES string of the molecule is CCCNCc1cc(S(=O)(=O)Nc2cn[nH]c2)ccc1F. The number of nitrogens with zero attached hydrogens (tertiary/aromatic N) is 1. The van der Waals surface area contributed by atoms with Gasteiger partial charge in [-0.3, -0.25) is 9.82 Å². The zero-order valence-electron chi connectivity index (χ0n) is 11.6. The van der Waals surface area contributed by atoms with Crippen LogP contribution in [0.15, 0.2) is 35.5 Å². The first-order chi connectivity index (χ1) is 10.0. The van der Waals surface area contributed by atoms with Crippen LogP contribution >= 0.6 is 0 Å². The van der Waals surface area contributed by atoms with Crippen molar-refractivity contribution < 1.29 is 12.8 Å². The summed E-state index contributed by atoms with van der Waals surface area (Å²) in [5.74, 6) is -0.430. The normalized spacial score (nSPS) is 11.5.